The lowest BCUT2D eigenvalue weighted by atomic mass is 10.1. The maximum Gasteiger partial charge on any atom is 0.268 e. The van der Waals surface area contributed by atoms with E-state index in [9.17, 15) is 13.2 Å². The Balaban J connectivity index is 1.46. The number of amides is 1. The van der Waals surface area contributed by atoms with E-state index < -0.39 is 9.84 Å². The molecule has 0 saturated heterocycles. The highest BCUT2D eigenvalue weighted by atomic mass is 32.2. The lowest BCUT2D eigenvalue weighted by molar-refractivity contribution is 0.0942. The number of aryl methyl sites for hydroxylation is 2. The summed E-state index contributed by atoms with van der Waals surface area (Å²) in [6, 6.07) is 10.4. The van der Waals surface area contributed by atoms with Crippen LogP contribution in [0.4, 0.5) is 0 Å². The van der Waals surface area contributed by atoms with Crippen molar-refractivity contribution in [1.82, 2.24) is 30.0 Å². The van der Waals surface area contributed by atoms with Crippen molar-refractivity contribution in [3.05, 3.63) is 77.1 Å². The molecule has 5 aromatic rings. The van der Waals surface area contributed by atoms with Crippen LogP contribution in [0.15, 0.2) is 58.6 Å². The third kappa shape index (κ3) is 3.75. The number of aromatic amines is 1. The number of hydrogen-bond donors (Lipinski definition) is 2. The van der Waals surface area contributed by atoms with Crippen molar-refractivity contribution in [1.29, 1.82) is 0 Å². The van der Waals surface area contributed by atoms with Gasteiger partial charge in [-0.05, 0) is 56.2 Å². The number of nitrogens with zero attached hydrogens (tertiary/aromatic N) is 4. The number of carbonyl (C=O) groups excluding carboxylic acids is 1. The summed E-state index contributed by atoms with van der Waals surface area (Å²) in [5.74, 6) is 0.304. The summed E-state index contributed by atoms with van der Waals surface area (Å²) in [6.07, 6.45) is 3.36. The van der Waals surface area contributed by atoms with Crippen LogP contribution < -0.4 is 5.32 Å². The average molecular weight is 489 g/mol. The maximum atomic E-state index is 13.6. The first-order valence-electron chi connectivity index (χ1n) is 11.0. The Labute approximate surface area is 202 Å². The van der Waals surface area contributed by atoms with Crippen molar-refractivity contribution in [2.75, 3.05) is 0 Å². The fourth-order valence-corrected chi connectivity index (χ4v) is 6.13. The normalized spacial score (nSPS) is 11.9. The molecular formula is C25H24N6O3S. The highest BCUT2D eigenvalue weighted by Crippen LogP contribution is 2.31. The van der Waals surface area contributed by atoms with Crippen LogP contribution in [0, 0.1) is 20.8 Å². The van der Waals surface area contributed by atoms with Crippen LogP contribution in [-0.4, -0.2) is 39.1 Å². The Kier molecular flexibility index (Phi) is 5.40. The zero-order chi connectivity index (χ0) is 24.9. The molecule has 0 spiro atoms. The van der Waals surface area contributed by atoms with Gasteiger partial charge in [-0.15, -0.1) is 0 Å². The molecule has 0 saturated carbocycles. The zero-order valence-corrected chi connectivity index (χ0v) is 20.6. The Bertz CT molecular complexity index is 1730. The Morgan fingerprint density at radius 3 is 2.66 bits per heavy atom. The summed E-state index contributed by atoms with van der Waals surface area (Å²) >= 11 is 0. The molecular weight excluding hydrogens is 464 g/mol. The number of rotatable bonds is 5. The van der Waals surface area contributed by atoms with Crippen LogP contribution in [0.5, 0.6) is 0 Å². The molecule has 3 aromatic heterocycles. The van der Waals surface area contributed by atoms with Crippen LogP contribution in [0.1, 0.15) is 33.1 Å². The molecule has 178 valence electrons. The van der Waals surface area contributed by atoms with Crippen molar-refractivity contribution >= 4 is 37.6 Å². The number of hydrogen-bond acceptors (Lipinski definition) is 6. The van der Waals surface area contributed by atoms with E-state index in [-0.39, 0.29) is 27.9 Å². The second kappa shape index (κ2) is 8.31. The lowest BCUT2D eigenvalue weighted by Crippen LogP contribution is -2.25. The Hall–Kier alpha value is -4.05. The van der Waals surface area contributed by atoms with Gasteiger partial charge in [0.15, 0.2) is 0 Å². The van der Waals surface area contributed by atoms with Gasteiger partial charge in [-0.25, -0.2) is 18.4 Å². The van der Waals surface area contributed by atoms with Gasteiger partial charge in [-0.2, -0.15) is 5.10 Å². The maximum absolute atomic E-state index is 13.6. The number of aromatic nitrogens is 5. The zero-order valence-electron chi connectivity index (χ0n) is 19.7. The molecule has 0 aliphatic heterocycles. The molecule has 9 nitrogen and oxygen atoms in total. The fourth-order valence-electron chi connectivity index (χ4n) is 4.34. The summed E-state index contributed by atoms with van der Waals surface area (Å²) in [4.78, 5) is 22.1. The summed E-state index contributed by atoms with van der Waals surface area (Å²) < 4.78 is 28.8. The van der Waals surface area contributed by atoms with Gasteiger partial charge in [-0.3, -0.25) is 9.89 Å². The molecule has 10 heteroatoms. The van der Waals surface area contributed by atoms with Gasteiger partial charge in [0.2, 0.25) is 9.84 Å². The molecule has 0 aliphatic carbocycles. The van der Waals surface area contributed by atoms with E-state index in [2.05, 4.69) is 25.5 Å². The molecule has 0 bridgehead atoms. The van der Waals surface area contributed by atoms with Gasteiger partial charge < -0.3 is 9.88 Å². The third-order valence-electron chi connectivity index (χ3n) is 6.42. The predicted molar refractivity (Wildman–Crippen MR) is 132 cm³/mol. The van der Waals surface area contributed by atoms with Crippen LogP contribution in [0.2, 0.25) is 0 Å². The molecule has 0 radical (unpaired) electrons. The first-order chi connectivity index (χ1) is 16.7. The van der Waals surface area contributed by atoms with E-state index in [0.29, 0.717) is 17.1 Å². The second-order valence-corrected chi connectivity index (χ2v) is 10.4. The van der Waals surface area contributed by atoms with Gasteiger partial charge in [0.25, 0.3) is 5.91 Å². The number of H-pyrrole nitrogens is 1. The minimum Gasteiger partial charge on any atom is -0.347 e. The topological polar surface area (TPSA) is 123 Å². The SMILES string of the molecule is Cc1ncc2c(CNC(=O)c3cc(S(=O)(=O)c4ccc5[nH]ncc5c4C)c(C)n3C)cccc2n1. The quantitative estimate of drug-likeness (QED) is 0.390. The summed E-state index contributed by atoms with van der Waals surface area (Å²) in [5, 5.41) is 11.4. The van der Waals surface area contributed by atoms with Gasteiger partial charge in [0.1, 0.15) is 11.5 Å². The monoisotopic (exact) mass is 488 g/mol. The molecule has 1 amide bonds. The molecule has 0 unspecified atom stereocenters. The molecule has 2 N–H and O–H groups in total. The van der Waals surface area contributed by atoms with Crippen molar-refractivity contribution in [3.8, 4) is 0 Å². The number of carbonyl (C=O) groups is 1. The van der Waals surface area contributed by atoms with Crippen molar-refractivity contribution < 1.29 is 13.2 Å². The molecule has 5 rings (SSSR count). The van der Waals surface area contributed by atoms with Gasteiger partial charge >= 0.3 is 0 Å². The first-order valence-corrected chi connectivity index (χ1v) is 12.5. The number of nitrogens with one attached hydrogen (secondary N) is 2. The second-order valence-electron chi connectivity index (χ2n) is 8.51. The Morgan fingerprint density at radius 2 is 1.86 bits per heavy atom. The average Bonchev–Trinajstić information content (AvgIpc) is 3.43. The molecule has 2 aromatic carbocycles. The van der Waals surface area contributed by atoms with Crippen molar-refractivity contribution in [2.45, 2.75) is 37.1 Å². The van der Waals surface area contributed by atoms with E-state index in [1.54, 1.807) is 50.0 Å². The molecule has 3 heterocycles. The number of fused-ring (bicyclic) bond motifs is 2. The number of benzene rings is 2. The summed E-state index contributed by atoms with van der Waals surface area (Å²) in [5.41, 5.74) is 3.79. The van der Waals surface area contributed by atoms with E-state index >= 15 is 0 Å². The summed E-state index contributed by atoms with van der Waals surface area (Å²) in [7, 11) is -2.18. The van der Waals surface area contributed by atoms with E-state index in [0.717, 1.165) is 27.4 Å². The minimum atomic E-state index is -3.86. The molecule has 0 atom stereocenters. The van der Waals surface area contributed by atoms with Crippen molar-refractivity contribution in [2.24, 2.45) is 7.05 Å². The molecule has 0 aliphatic rings. The molecule has 0 fully saturated rings. The minimum absolute atomic E-state index is 0.102. The largest absolute Gasteiger partial charge is 0.347 e. The van der Waals surface area contributed by atoms with Crippen LogP contribution in [-0.2, 0) is 23.4 Å². The van der Waals surface area contributed by atoms with E-state index in [4.69, 9.17) is 0 Å². The fraction of sp³-hybridized carbons (Fsp3) is 0.200. The molecule has 35 heavy (non-hydrogen) atoms. The van der Waals surface area contributed by atoms with E-state index in [1.165, 1.54) is 6.07 Å². The van der Waals surface area contributed by atoms with Gasteiger partial charge in [0.05, 0.1) is 27.0 Å². The Morgan fingerprint density at radius 1 is 1.06 bits per heavy atom. The van der Waals surface area contributed by atoms with Crippen LogP contribution in [0.3, 0.4) is 0 Å². The standard InChI is InChI=1S/C25H24N6O3S/c1-14-18-13-28-30-21(18)8-9-23(14)35(33,34)24-10-22(31(4)15(24)2)25(32)27-11-17-6-5-7-20-19(17)12-26-16(3)29-20/h5-10,12-13H,11H2,1-4H3,(H,27,32)(H,28,30). The van der Waals surface area contributed by atoms with Gasteiger partial charge in [0, 0.05) is 36.3 Å². The lowest BCUT2D eigenvalue weighted by Gasteiger charge is -2.09. The first kappa shape index (κ1) is 22.7. The van der Waals surface area contributed by atoms with Crippen LogP contribution in [0.25, 0.3) is 21.8 Å². The number of sulfone groups is 1. The van der Waals surface area contributed by atoms with Crippen molar-refractivity contribution in [3.63, 3.8) is 0 Å². The van der Waals surface area contributed by atoms with Gasteiger partial charge in [-0.1, -0.05) is 12.1 Å². The van der Waals surface area contributed by atoms with E-state index in [1.807, 2.05) is 25.1 Å². The summed E-state index contributed by atoms with van der Waals surface area (Å²) in [6.45, 7) is 5.53. The highest BCUT2D eigenvalue weighted by molar-refractivity contribution is 7.91. The smallest absolute Gasteiger partial charge is 0.268 e. The third-order valence-corrected chi connectivity index (χ3v) is 8.43. The van der Waals surface area contributed by atoms with Crippen LogP contribution >= 0.6 is 0 Å². The highest BCUT2D eigenvalue weighted by Gasteiger charge is 2.28. The predicted octanol–water partition coefficient (Wildman–Crippen LogP) is 3.53.